The van der Waals surface area contributed by atoms with Crippen molar-refractivity contribution in [2.24, 2.45) is 5.92 Å². The van der Waals surface area contributed by atoms with Crippen LogP contribution in [0.3, 0.4) is 0 Å². The number of rotatable bonds is 5. The molecule has 0 heterocycles. The molecule has 3 nitrogen and oxygen atoms in total. The van der Waals surface area contributed by atoms with Crippen LogP contribution in [0.5, 0.6) is 0 Å². The Bertz CT molecular complexity index is 196. The average Bonchev–Trinajstić information content (AvgIpc) is 2.03. The first-order valence-corrected chi connectivity index (χ1v) is 9.59. The molecule has 0 aliphatic carbocycles. The Morgan fingerprint density at radius 3 is 1.77 bits per heavy atom. The van der Waals surface area contributed by atoms with Crippen LogP contribution in [0.1, 0.15) is 27.7 Å². The molecule has 0 rings (SSSR count). The van der Waals surface area contributed by atoms with E-state index in [9.17, 15) is 0 Å². The fraction of sp³-hybridized carbons (Fsp3) is 1.00. The Labute approximate surface area is 91.5 Å². The third kappa shape index (κ3) is 4.36. The molecular weight excluding hydrogens is 359 g/mol. The first-order valence-electron chi connectivity index (χ1n) is 4.19. The van der Waals surface area contributed by atoms with Crippen LogP contribution < -0.4 is 0 Å². The number of hydrogen-bond acceptors (Lipinski definition) is 3. The van der Waals surface area contributed by atoms with Crippen molar-refractivity contribution >= 4 is 5.58 Å². The summed E-state index contributed by atoms with van der Waals surface area (Å²) in [5, 5.41) is 0. The van der Waals surface area contributed by atoms with Gasteiger partial charge in [-0.2, -0.15) is 0 Å². The van der Waals surface area contributed by atoms with Gasteiger partial charge >= 0.3 is 91.4 Å². The monoisotopic (exact) mass is 378 g/mol. The fourth-order valence-electron chi connectivity index (χ4n) is 0.543. The quantitative estimate of drug-likeness (QED) is 0.689. The van der Waals surface area contributed by atoms with Crippen LogP contribution in [-0.2, 0) is 32.4 Å². The predicted octanol–water partition coefficient (Wildman–Crippen LogP) is 2.95. The molecule has 0 aromatic rings. The van der Waals surface area contributed by atoms with Crippen LogP contribution in [0.15, 0.2) is 0 Å². The normalized spacial score (nSPS) is 13.8. The van der Waals surface area contributed by atoms with Crippen LogP contribution in [0.4, 0.5) is 0 Å². The zero-order chi connectivity index (χ0) is 10.7. The first-order chi connectivity index (χ1) is 5.77. The second-order valence-electron chi connectivity index (χ2n) is 3.66. The van der Waals surface area contributed by atoms with Crippen molar-refractivity contribution in [3.8, 4) is 0 Å². The summed E-state index contributed by atoms with van der Waals surface area (Å²) in [4.78, 5) is 0. The van der Waals surface area contributed by atoms with Crippen molar-refractivity contribution in [2.45, 2.75) is 33.3 Å². The van der Waals surface area contributed by atoms with E-state index in [-0.39, 0.29) is 5.60 Å². The van der Waals surface area contributed by atoms with Gasteiger partial charge in [0.05, 0.1) is 0 Å². The summed E-state index contributed by atoms with van der Waals surface area (Å²) < 4.78 is 16.4. The zero-order valence-electron chi connectivity index (χ0n) is 9.16. The molecule has 13 heavy (non-hydrogen) atoms. The van der Waals surface area contributed by atoms with Gasteiger partial charge in [0, 0.05) is 0 Å². The summed E-state index contributed by atoms with van der Waals surface area (Å²) in [5.41, 5.74) is -2.22. The van der Waals surface area contributed by atoms with E-state index >= 15 is 0 Å². The second kappa shape index (κ2) is 5.18. The minimum atomic E-state index is -2.02. The SMILES string of the molecule is CO[P](=[W])(OC)OC(C)(C)C(C)C. The van der Waals surface area contributed by atoms with Gasteiger partial charge < -0.3 is 0 Å². The Morgan fingerprint density at radius 2 is 1.54 bits per heavy atom. The molecular formula is C8H19O3PW. The summed E-state index contributed by atoms with van der Waals surface area (Å²) in [7, 11) is 3.28. The van der Waals surface area contributed by atoms with E-state index in [1.165, 1.54) is 18.8 Å². The Hall–Kier alpha value is 0.998. The topological polar surface area (TPSA) is 27.7 Å². The molecule has 0 aromatic heterocycles. The average molecular weight is 378 g/mol. The van der Waals surface area contributed by atoms with Gasteiger partial charge in [-0.05, 0) is 0 Å². The third-order valence-corrected chi connectivity index (χ3v) is 7.79. The van der Waals surface area contributed by atoms with Crippen LogP contribution in [0.25, 0.3) is 0 Å². The Kier molecular flexibility index (Phi) is 5.58. The predicted molar refractivity (Wildman–Crippen MR) is 50.9 cm³/mol. The van der Waals surface area contributed by atoms with Crippen LogP contribution in [0, 0.1) is 5.92 Å². The molecule has 0 bridgehead atoms. The van der Waals surface area contributed by atoms with Gasteiger partial charge in [-0.1, -0.05) is 0 Å². The summed E-state index contributed by atoms with van der Waals surface area (Å²) in [6.07, 6.45) is 0. The molecule has 0 atom stereocenters. The summed E-state index contributed by atoms with van der Waals surface area (Å²) >= 11 is 1.22. The molecule has 0 N–H and O–H groups in total. The van der Waals surface area contributed by atoms with E-state index in [1.807, 2.05) is 0 Å². The van der Waals surface area contributed by atoms with Crippen LogP contribution >= 0.6 is 5.58 Å². The molecule has 0 aliphatic rings. The second-order valence-corrected chi connectivity index (χ2v) is 10.3. The molecule has 0 spiro atoms. The Balaban J connectivity index is 4.49. The maximum atomic E-state index is 5.89. The molecule has 5 heteroatoms. The van der Waals surface area contributed by atoms with Gasteiger partial charge in [0.25, 0.3) is 0 Å². The molecule has 80 valence electrons. The van der Waals surface area contributed by atoms with Crippen molar-refractivity contribution in [1.82, 2.24) is 0 Å². The van der Waals surface area contributed by atoms with Gasteiger partial charge in [0.15, 0.2) is 0 Å². The van der Waals surface area contributed by atoms with E-state index in [0.717, 1.165) is 0 Å². The van der Waals surface area contributed by atoms with Gasteiger partial charge in [-0.15, -0.1) is 0 Å². The maximum absolute atomic E-state index is 5.89. The summed E-state index contributed by atoms with van der Waals surface area (Å²) in [6, 6.07) is 0. The zero-order valence-corrected chi connectivity index (χ0v) is 13.0. The summed E-state index contributed by atoms with van der Waals surface area (Å²) in [5.74, 6) is 0.441. The molecule has 0 fully saturated rings. The first kappa shape index (κ1) is 14.0. The van der Waals surface area contributed by atoms with E-state index in [2.05, 4.69) is 27.7 Å². The molecule has 0 saturated heterocycles. The summed E-state index contributed by atoms with van der Waals surface area (Å²) in [6.45, 7) is 8.39. The van der Waals surface area contributed by atoms with Crippen molar-refractivity contribution in [1.29, 1.82) is 0 Å². The van der Waals surface area contributed by atoms with E-state index < -0.39 is 5.58 Å². The van der Waals surface area contributed by atoms with Crippen molar-refractivity contribution in [3.63, 3.8) is 0 Å². The van der Waals surface area contributed by atoms with E-state index in [1.54, 1.807) is 14.2 Å². The minimum absolute atomic E-state index is 0.193. The molecule has 0 saturated carbocycles. The van der Waals surface area contributed by atoms with Crippen molar-refractivity contribution < 1.29 is 32.4 Å². The van der Waals surface area contributed by atoms with E-state index in [4.69, 9.17) is 13.6 Å². The van der Waals surface area contributed by atoms with Crippen molar-refractivity contribution in [2.75, 3.05) is 14.2 Å². The van der Waals surface area contributed by atoms with Gasteiger partial charge in [-0.3, -0.25) is 0 Å². The Morgan fingerprint density at radius 1 is 1.15 bits per heavy atom. The fourth-order valence-corrected chi connectivity index (χ4v) is 3.70. The van der Waals surface area contributed by atoms with Gasteiger partial charge in [-0.25, -0.2) is 0 Å². The molecule has 0 aromatic carbocycles. The van der Waals surface area contributed by atoms with Crippen molar-refractivity contribution in [3.05, 3.63) is 0 Å². The standard InChI is InChI=1S/C8H19O3P.W/c1-7(2)8(3,4)11-12(9-5)10-6;/h7H,1-6H3;. The third-order valence-electron chi connectivity index (χ3n) is 2.18. The van der Waals surface area contributed by atoms with Crippen LogP contribution in [-0.4, -0.2) is 19.8 Å². The van der Waals surface area contributed by atoms with Gasteiger partial charge in [0.1, 0.15) is 0 Å². The van der Waals surface area contributed by atoms with Gasteiger partial charge in [0.2, 0.25) is 0 Å². The molecule has 0 unspecified atom stereocenters. The number of hydrogen-bond donors (Lipinski definition) is 0. The van der Waals surface area contributed by atoms with E-state index in [0.29, 0.717) is 5.92 Å². The molecule has 0 amide bonds. The molecule has 0 aliphatic heterocycles. The van der Waals surface area contributed by atoms with Crippen LogP contribution in [0.2, 0.25) is 0 Å². The molecule has 0 radical (unpaired) electrons.